The van der Waals surface area contributed by atoms with E-state index in [1.54, 1.807) is 12.3 Å². The molecule has 0 saturated heterocycles. The number of methoxy groups -OCH3 is 1. The first-order valence-corrected chi connectivity index (χ1v) is 5.71. The molecular formula is C12H10ClN3O3. The summed E-state index contributed by atoms with van der Waals surface area (Å²) in [5.41, 5.74) is 0.646. The highest BCUT2D eigenvalue weighted by Crippen LogP contribution is 2.14. The van der Waals surface area contributed by atoms with Crippen LogP contribution in [-0.4, -0.2) is 33.1 Å². The number of nitrogens with zero attached hydrogens (tertiary/aromatic N) is 3. The number of carboxylic acid groups (broad SMARTS) is 1. The summed E-state index contributed by atoms with van der Waals surface area (Å²) in [5.74, 6) is -0.303. The van der Waals surface area contributed by atoms with Crippen LogP contribution < -0.4 is 4.74 Å². The molecule has 0 fully saturated rings. The van der Waals surface area contributed by atoms with Gasteiger partial charge in [0.2, 0.25) is 5.88 Å². The molecular weight excluding hydrogens is 270 g/mol. The average molecular weight is 280 g/mol. The van der Waals surface area contributed by atoms with E-state index in [4.69, 9.17) is 21.4 Å². The van der Waals surface area contributed by atoms with Crippen molar-refractivity contribution in [2.45, 2.75) is 6.42 Å². The summed E-state index contributed by atoms with van der Waals surface area (Å²) in [6, 6.07) is 3.52. The molecule has 0 aliphatic heterocycles. The number of aromatic nitrogens is 3. The van der Waals surface area contributed by atoms with Gasteiger partial charge in [-0.2, -0.15) is 0 Å². The summed E-state index contributed by atoms with van der Waals surface area (Å²) < 4.78 is 4.95. The van der Waals surface area contributed by atoms with Gasteiger partial charge in [-0.25, -0.2) is 19.7 Å². The second kappa shape index (κ2) is 5.62. The van der Waals surface area contributed by atoms with Crippen molar-refractivity contribution >= 4 is 17.6 Å². The molecule has 2 aromatic heterocycles. The van der Waals surface area contributed by atoms with Crippen molar-refractivity contribution in [3.05, 3.63) is 46.6 Å². The number of rotatable bonds is 4. The maximum absolute atomic E-state index is 10.9. The summed E-state index contributed by atoms with van der Waals surface area (Å²) in [7, 11) is 1.53. The lowest BCUT2D eigenvalue weighted by Gasteiger charge is -2.04. The number of ether oxygens (including phenoxy) is 1. The van der Waals surface area contributed by atoms with Crippen molar-refractivity contribution < 1.29 is 14.6 Å². The van der Waals surface area contributed by atoms with Crippen LogP contribution in [-0.2, 0) is 6.42 Å². The third-order valence-electron chi connectivity index (χ3n) is 2.37. The molecule has 2 rings (SSSR count). The van der Waals surface area contributed by atoms with Gasteiger partial charge in [-0.05, 0) is 5.56 Å². The molecule has 0 spiro atoms. The quantitative estimate of drug-likeness (QED) is 0.919. The normalized spacial score (nSPS) is 10.2. The van der Waals surface area contributed by atoms with Crippen LogP contribution in [0.2, 0.25) is 5.02 Å². The van der Waals surface area contributed by atoms with Crippen LogP contribution in [0.1, 0.15) is 21.9 Å². The summed E-state index contributed by atoms with van der Waals surface area (Å²) in [6.07, 6.45) is 3.27. The topological polar surface area (TPSA) is 85.2 Å². The molecule has 0 aliphatic rings. The molecule has 7 heteroatoms. The SMILES string of the molecule is COc1ccc(Cc2ncc(Cl)c(C(=O)O)n2)cn1. The van der Waals surface area contributed by atoms with E-state index in [2.05, 4.69) is 15.0 Å². The molecule has 19 heavy (non-hydrogen) atoms. The maximum atomic E-state index is 10.9. The fraction of sp³-hybridized carbons (Fsp3) is 0.167. The van der Waals surface area contributed by atoms with Crippen LogP contribution in [0.15, 0.2) is 24.5 Å². The molecule has 2 aromatic rings. The maximum Gasteiger partial charge on any atom is 0.356 e. The fourth-order valence-corrected chi connectivity index (χ4v) is 1.63. The Morgan fingerprint density at radius 3 is 2.74 bits per heavy atom. The number of aromatic carboxylic acids is 1. The first-order valence-electron chi connectivity index (χ1n) is 5.34. The zero-order valence-corrected chi connectivity index (χ0v) is 10.8. The second-order valence-electron chi connectivity index (χ2n) is 3.67. The Hall–Kier alpha value is -2.21. The van der Waals surface area contributed by atoms with Crippen molar-refractivity contribution in [3.8, 4) is 5.88 Å². The van der Waals surface area contributed by atoms with Crippen LogP contribution >= 0.6 is 11.6 Å². The summed E-state index contributed by atoms with van der Waals surface area (Å²) in [5, 5.41) is 8.94. The Morgan fingerprint density at radius 2 is 2.16 bits per heavy atom. The molecule has 1 N–H and O–H groups in total. The van der Waals surface area contributed by atoms with Gasteiger partial charge in [-0.3, -0.25) is 0 Å². The predicted octanol–water partition coefficient (Wildman–Crippen LogP) is 1.82. The van der Waals surface area contributed by atoms with E-state index in [9.17, 15) is 4.79 Å². The minimum Gasteiger partial charge on any atom is -0.481 e. The first kappa shape index (κ1) is 13.2. The Bertz CT molecular complexity index is 602. The smallest absolute Gasteiger partial charge is 0.356 e. The van der Waals surface area contributed by atoms with Gasteiger partial charge in [0.05, 0.1) is 18.3 Å². The van der Waals surface area contributed by atoms with Gasteiger partial charge < -0.3 is 9.84 Å². The first-order chi connectivity index (χ1) is 9.10. The van der Waals surface area contributed by atoms with Gasteiger partial charge in [0.1, 0.15) is 5.82 Å². The zero-order chi connectivity index (χ0) is 13.8. The third kappa shape index (κ3) is 3.17. The molecule has 0 aliphatic carbocycles. The largest absolute Gasteiger partial charge is 0.481 e. The minimum absolute atomic E-state index is 0.0177. The van der Waals surface area contributed by atoms with Gasteiger partial charge >= 0.3 is 5.97 Å². The summed E-state index contributed by atoms with van der Waals surface area (Å²) in [6.45, 7) is 0. The van der Waals surface area contributed by atoms with Crippen LogP contribution in [0.5, 0.6) is 5.88 Å². The van der Waals surface area contributed by atoms with Gasteiger partial charge in [0.25, 0.3) is 0 Å². The predicted molar refractivity (Wildman–Crippen MR) is 67.6 cm³/mol. The van der Waals surface area contributed by atoms with E-state index in [-0.39, 0.29) is 10.7 Å². The molecule has 0 unspecified atom stereocenters. The van der Waals surface area contributed by atoms with Gasteiger partial charge in [-0.1, -0.05) is 17.7 Å². The van der Waals surface area contributed by atoms with Crippen LogP contribution in [0, 0.1) is 0 Å². The van der Waals surface area contributed by atoms with E-state index in [1.165, 1.54) is 13.3 Å². The van der Waals surface area contributed by atoms with E-state index in [0.29, 0.717) is 18.1 Å². The lowest BCUT2D eigenvalue weighted by atomic mass is 10.2. The third-order valence-corrected chi connectivity index (χ3v) is 2.64. The number of hydrogen-bond acceptors (Lipinski definition) is 5. The molecule has 6 nitrogen and oxygen atoms in total. The number of carboxylic acids is 1. The number of halogens is 1. The fourth-order valence-electron chi connectivity index (χ4n) is 1.46. The highest BCUT2D eigenvalue weighted by Gasteiger charge is 2.12. The van der Waals surface area contributed by atoms with Crippen molar-refractivity contribution in [2.24, 2.45) is 0 Å². The Labute approximate surface area is 114 Å². The lowest BCUT2D eigenvalue weighted by molar-refractivity contribution is 0.0690. The summed E-state index contributed by atoms with van der Waals surface area (Å²) >= 11 is 5.70. The van der Waals surface area contributed by atoms with Crippen molar-refractivity contribution in [3.63, 3.8) is 0 Å². The molecule has 0 aromatic carbocycles. The Kier molecular flexibility index (Phi) is 3.91. The van der Waals surface area contributed by atoms with E-state index >= 15 is 0 Å². The van der Waals surface area contributed by atoms with E-state index < -0.39 is 5.97 Å². The second-order valence-corrected chi connectivity index (χ2v) is 4.08. The van der Waals surface area contributed by atoms with Crippen LogP contribution in [0.25, 0.3) is 0 Å². The molecule has 2 heterocycles. The van der Waals surface area contributed by atoms with Crippen molar-refractivity contribution in [2.75, 3.05) is 7.11 Å². The molecule has 98 valence electrons. The monoisotopic (exact) mass is 279 g/mol. The van der Waals surface area contributed by atoms with Gasteiger partial charge in [0.15, 0.2) is 5.69 Å². The average Bonchev–Trinajstić information content (AvgIpc) is 2.41. The molecule has 0 radical (unpaired) electrons. The van der Waals surface area contributed by atoms with E-state index in [1.807, 2.05) is 6.07 Å². The molecule has 0 saturated carbocycles. The van der Waals surface area contributed by atoms with Gasteiger partial charge in [-0.15, -0.1) is 0 Å². The Morgan fingerprint density at radius 1 is 1.37 bits per heavy atom. The van der Waals surface area contributed by atoms with Crippen LogP contribution in [0.4, 0.5) is 0 Å². The van der Waals surface area contributed by atoms with Crippen LogP contribution in [0.3, 0.4) is 0 Å². The Balaban J connectivity index is 2.22. The number of hydrogen-bond donors (Lipinski definition) is 1. The van der Waals surface area contributed by atoms with Crippen molar-refractivity contribution in [1.82, 2.24) is 15.0 Å². The molecule has 0 amide bonds. The van der Waals surface area contributed by atoms with Crippen molar-refractivity contribution in [1.29, 1.82) is 0 Å². The minimum atomic E-state index is -1.18. The highest BCUT2D eigenvalue weighted by atomic mass is 35.5. The number of pyridine rings is 1. The van der Waals surface area contributed by atoms with E-state index in [0.717, 1.165) is 5.56 Å². The zero-order valence-electron chi connectivity index (χ0n) is 10.00. The lowest BCUT2D eigenvalue weighted by Crippen LogP contribution is -2.06. The standard InChI is InChI=1S/C12H10ClN3O3/c1-19-10-3-2-7(5-15-10)4-9-14-6-8(13)11(16-9)12(17)18/h2-3,5-6H,4H2,1H3,(H,17,18). The summed E-state index contributed by atoms with van der Waals surface area (Å²) in [4.78, 5) is 22.9. The van der Waals surface area contributed by atoms with Gasteiger partial charge in [0, 0.05) is 18.7 Å². The molecule has 0 atom stereocenters. The molecule has 0 bridgehead atoms. The number of carbonyl (C=O) groups is 1. The highest BCUT2D eigenvalue weighted by molar-refractivity contribution is 6.33.